The van der Waals surface area contributed by atoms with Crippen LogP contribution in [0.5, 0.6) is 11.5 Å². The average Bonchev–Trinajstić information content (AvgIpc) is 2.52. The van der Waals surface area contributed by atoms with E-state index in [0.29, 0.717) is 16.8 Å². The minimum atomic E-state index is -0.648. The van der Waals surface area contributed by atoms with Crippen LogP contribution in [0.1, 0.15) is 0 Å². The molecule has 3 aromatic rings. The number of hydrogen-bond donors (Lipinski definition) is 2. The van der Waals surface area contributed by atoms with E-state index < -0.39 is 5.63 Å². The second kappa shape index (κ2) is 5.98. The molecule has 0 amide bonds. The highest BCUT2D eigenvalue weighted by Crippen LogP contribution is 2.38. The standard InChI is InChI=1S/C15H10Cl2N2O4/c1-22-11-3-2-7-10(4-12(20)23-15(7)14(11)21)19-13-8(16)5-18-6-9(13)17/h2-6,21H,1H3,(H,18,19). The van der Waals surface area contributed by atoms with Crippen molar-refractivity contribution >= 4 is 45.5 Å². The molecule has 2 N–H and O–H groups in total. The van der Waals surface area contributed by atoms with Gasteiger partial charge in [0, 0.05) is 23.8 Å². The van der Waals surface area contributed by atoms with Gasteiger partial charge in [0.25, 0.3) is 0 Å². The molecule has 0 radical (unpaired) electrons. The number of phenolic OH excluding ortho intramolecular Hbond substituents is 1. The van der Waals surface area contributed by atoms with Crippen molar-refractivity contribution in [1.29, 1.82) is 0 Å². The number of hydrogen-bond acceptors (Lipinski definition) is 6. The van der Waals surface area contributed by atoms with Crippen molar-refractivity contribution in [3.05, 3.63) is 51.1 Å². The molecule has 8 heteroatoms. The van der Waals surface area contributed by atoms with E-state index in [0.717, 1.165) is 0 Å². The number of aromatic nitrogens is 1. The van der Waals surface area contributed by atoms with E-state index in [9.17, 15) is 9.90 Å². The Morgan fingerprint density at radius 3 is 2.61 bits per heavy atom. The van der Waals surface area contributed by atoms with Crippen molar-refractivity contribution in [2.75, 3.05) is 12.4 Å². The van der Waals surface area contributed by atoms with Gasteiger partial charge in [-0.1, -0.05) is 23.2 Å². The highest BCUT2D eigenvalue weighted by atomic mass is 35.5. The summed E-state index contributed by atoms with van der Waals surface area (Å²) in [5.41, 5.74) is 0.125. The first-order valence-electron chi connectivity index (χ1n) is 6.41. The van der Waals surface area contributed by atoms with Crippen LogP contribution in [-0.2, 0) is 0 Å². The molecule has 3 rings (SSSR count). The summed E-state index contributed by atoms with van der Waals surface area (Å²) in [6.07, 6.45) is 2.84. The number of halogens is 2. The molecule has 2 heterocycles. The quantitative estimate of drug-likeness (QED) is 0.694. The number of methoxy groups -OCH3 is 1. The third-order valence-corrected chi connectivity index (χ3v) is 3.76. The molecule has 6 nitrogen and oxygen atoms in total. The summed E-state index contributed by atoms with van der Waals surface area (Å²) < 4.78 is 10.1. The topological polar surface area (TPSA) is 84.6 Å². The van der Waals surface area contributed by atoms with Crippen molar-refractivity contribution in [3.63, 3.8) is 0 Å². The van der Waals surface area contributed by atoms with E-state index in [1.807, 2.05) is 0 Å². The van der Waals surface area contributed by atoms with Gasteiger partial charge in [0.2, 0.25) is 5.75 Å². The zero-order valence-corrected chi connectivity index (χ0v) is 13.3. The second-order valence-electron chi connectivity index (χ2n) is 4.58. The Morgan fingerprint density at radius 2 is 1.96 bits per heavy atom. The van der Waals surface area contributed by atoms with Gasteiger partial charge in [-0.2, -0.15) is 0 Å². The molecule has 0 fully saturated rings. The van der Waals surface area contributed by atoms with Gasteiger partial charge in [-0.15, -0.1) is 0 Å². The fraction of sp³-hybridized carbons (Fsp3) is 0.0667. The fourth-order valence-corrected chi connectivity index (χ4v) is 2.59. The van der Waals surface area contributed by atoms with Crippen LogP contribution in [0.4, 0.5) is 11.4 Å². The molecule has 2 aromatic heterocycles. The van der Waals surface area contributed by atoms with Crippen molar-refractivity contribution < 1.29 is 14.3 Å². The maximum absolute atomic E-state index is 11.8. The maximum atomic E-state index is 11.8. The number of nitrogens with one attached hydrogen (secondary N) is 1. The summed E-state index contributed by atoms with van der Waals surface area (Å²) in [6, 6.07) is 4.43. The number of rotatable bonds is 3. The first kappa shape index (κ1) is 15.5. The summed E-state index contributed by atoms with van der Waals surface area (Å²) >= 11 is 12.1. The van der Waals surface area contributed by atoms with E-state index in [-0.39, 0.29) is 27.1 Å². The molecule has 0 bridgehead atoms. The molecule has 23 heavy (non-hydrogen) atoms. The highest BCUT2D eigenvalue weighted by Gasteiger charge is 2.15. The van der Waals surface area contributed by atoms with Crippen LogP contribution in [0, 0.1) is 0 Å². The van der Waals surface area contributed by atoms with Crippen LogP contribution in [0.3, 0.4) is 0 Å². The predicted molar refractivity (Wildman–Crippen MR) is 88.2 cm³/mol. The summed E-state index contributed by atoms with van der Waals surface area (Å²) in [7, 11) is 1.40. The highest BCUT2D eigenvalue weighted by molar-refractivity contribution is 6.39. The Hall–Kier alpha value is -2.44. The van der Waals surface area contributed by atoms with Crippen LogP contribution >= 0.6 is 23.2 Å². The molecule has 1 aromatic carbocycles. The van der Waals surface area contributed by atoms with Gasteiger partial charge >= 0.3 is 5.63 Å². The monoisotopic (exact) mass is 352 g/mol. The average molecular weight is 353 g/mol. The van der Waals surface area contributed by atoms with Crippen molar-refractivity contribution in [2.24, 2.45) is 0 Å². The minimum absolute atomic E-state index is 0.000603. The zero-order chi connectivity index (χ0) is 16.6. The lowest BCUT2D eigenvalue weighted by molar-refractivity contribution is 0.370. The lowest BCUT2D eigenvalue weighted by atomic mass is 10.1. The number of ether oxygens (including phenoxy) is 1. The van der Waals surface area contributed by atoms with Gasteiger partial charge in [0.15, 0.2) is 11.3 Å². The summed E-state index contributed by atoms with van der Waals surface area (Å²) in [6.45, 7) is 0. The second-order valence-corrected chi connectivity index (χ2v) is 5.39. The normalized spacial score (nSPS) is 10.7. The van der Waals surface area contributed by atoms with Crippen LogP contribution < -0.4 is 15.7 Å². The van der Waals surface area contributed by atoms with Crippen LogP contribution in [0.2, 0.25) is 10.0 Å². The van der Waals surface area contributed by atoms with E-state index >= 15 is 0 Å². The van der Waals surface area contributed by atoms with Crippen LogP contribution in [0.15, 0.2) is 39.8 Å². The first-order chi connectivity index (χ1) is 11.0. The Kier molecular flexibility index (Phi) is 4.02. The largest absolute Gasteiger partial charge is 0.502 e. The molecule has 118 valence electrons. The van der Waals surface area contributed by atoms with E-state index in [1.165, 1.54) is 25.6 Å². The summed E-state index contributed by atoms with van der Waals surface area (Å²) in [4.78, 5) is 15.6. The Labute approximate surface area is 140 Å². The number of aromatic hydroxyl groups is 1. The smallest absolute Gasteiger partial charge is 0.338 e. The SMILES string of the molecule is COc1ccc2c(Nc3c(Cl)cncc3Cl)cc(=O)oc2c1O. The van der Waals surface area contributed by atoms with Crippen molar-refractivity contribution in [2.45, 2.75) is 0 Å². The number of phenols is 1. The molecule has 0 aliphatic carbocycles. The van der Waals surface area contributed by atoms with Gasteiger partial charge in [-0.05, 0) is 12.1 Å². The Bertz CT molecular complexity index is 936. The van der Waals surface area contributed by atoms with Gasteiger partial charge in [0.1, 0.15) is 0 Å². The van der Waals surface area contributed by atoms with E-state index in [2.05, 4.69) is 10.3 Å². The van der Waals surface area contributed by atoms with E-state index in [4.69, 9.17) is 32.4 Å². The number of nitrogens with zero attached hydrogens (tertiary/aromatic N) is 1. The molecule has 0 saturated carbocycles. The van der Waals surface area contributed by atoms with Gasteiger partial charge < -0.3 is 19.6 Å². The fourth-order valence-electron chi connectivity index (χ4n) is 2.13. The molecule has 0 aliphatic heterocycles. The van der Waals surface area contributed by atoms with Gasteiger partial charge in [-0.25, -0.2) is 4.79 Å². The number of benzene rings is 1. The molecule has 0 saturated heterocycles. The van der Waals surface area contributed by atoms with Crippen LogP contribution in [-0.4, -0.2) is 17.2 Å². The van der Waals surface area contributed by atoms with Crippen LogP contribution in [0.25, 0.3) is 11.0 Å². The van der Waals surface area contributed by atoms with E-state index in [1.54, 1.807) is 12.1 Å². The number of anilines is 2. The molecule has 0 spiro atoms. The Morgan fingerprint density at radius 1 is 1.26 bits per heavy atom. The molecular weight excluding hydrogens is 343 g/mol. The summed E-state index contributed by atoms with van der Waals surface area (Å²) in [5.74, 6) is -0.0737. The number of pyridine rings is 1. The first-order valence-corrected chi connectivity index (χ1v) is 7.16. The predicted octanol–water partition coefficient (Wildman–Crippen LogP) is 3.95. The zero-order valence-electron chi connectivity index (χ0n) is 11.8. The minimum Gasteiger partial charge on any atom is -0.502 e. The lowest BCUT2D eigenvalue weighted by Crippen LogP contribution is -2.02. The molecular formula is C15H10Cl2N2O4. The Balaban J connectivity index is 2.22. The van der Waals surface area contributed by atoms with Gasteiger partial charge in [-0.3, -0.25) is 4.98 Å². The van der Waals surface area contributed by atoms with Crippen molar-refractivity contribution in [1.82, 2.24) is 4.98 Å². The molecule has 0 unspecified atom stereocenters. The van der Waals surface area contributed by atoms with Gasteiger partial charge in [0.05, 0.1) is 28.5 Å². The maximum Gasteiger partial charge on any atom is 0.338 e. The third kappa shape index (κ3) is 2.78. The number of fused-ring (bicyclic) bond motifs is 1. The lowest BCUT2D eigenvalue weighted by Gasteiger charge is -2.12. The van der Waals surface area contributed by atoms with Crippen molar-refractivity contribution in [3.8, 4) is 11.5 Å². The summed E-state index contributed by atoms with van der Waals surface area (Å²) in [5, 5.41) is 14.1. The third-order valence-electron chi connectivity index (χ3n) is 3.18. The molecule has 0 aliphatic rings. The molecule has 0 atom stereocenters.